The number of rotatable bonds is 6. The highest BCUT2D eigenvalue weighted by atomic mass is 16.5. The van der Waals surface area contributed by atoms with Crippen molar-refractivity contribution in [1.82, 2.24) is 24.5 Å². The summed E-state index contributed by atoms with van der Waals surface area (Å²) < 4.78 is 7.12. The molecule has 7 heteroatoms. The summed E-state index contributed by atoms with van der Waals surface area (Å²) >= 11 is 0. The fourth-order valence-electron chi connectivity index (χ4n) is 1.40. The third kappa shape index (κ3) is 3.45. The first-order valence-corrected chi connectivity index (χ1v) is 6.34. The maximum Gasteiger partial charge on any atom is 0.324 e. The van der Waals surface area contributed by atoms with Crippen LogP contribution in [-0.4, -0.2) is 37.2 Å². The molecular formula is C13H16N6O. The van der Waals surface area contributed by atoms with Crippen molar-refractivity contribution in [2.75, 3.05) is 11.9 Å². The Morgan fingerprint density at radius 1 is 1.45 bits per heavy atom. The molecule has 104 valence electrons. The summed E-state index contributed by atoms with van der Waals surface area (Å²) in [6.45, 7) is 4.57. The molecule has 7 nitrogen and oxygen atoms in total. The summed E-state index contributed by atoms with van der Waals surface area (Å²) in [5, 5.41) is 3.10. The Labute approximate surface area is 117 Å². The second kappa shape index (κ2) is 6.52. The summed E-state index contributed by atoms with van der Waals surface area (Å²) in [6.07, 6.45) is 10.8. The zero-order valence-electron chi connectivity index (χ0n) is 11.4. The van der Waals surface area contributed by atoms with Gasteiger partial charge >= 0.3 is 6.01 Å². The van der Waals surface area contributed by atoms with Crippen molar-refractivity contribution in [3.63, 3.8) is 0 Å². The highest BCUT2D eigenvalue weighted by molar-refractivity contribution is 5.30. The van der Waals surface area contributed by atoms with Crippen LogP contribution in [-0.2, 0) is 0 Å². The molecule has 2 heterocycles. The Hall–Kier alpha value is -2.62. The Bertz CT molecular complexity index is 589. The van der Waals surface area contributed by atoms with Gasteiger partial charge in [-0.05, 0) is 13.3 Å². The molecule has 0 aliphatic heterocycles. The van der Waals surface area contributed by atoms with Crippen molar-refractivity contribution in [3.05, 3.63) is 18.7 Å². The molecule has 0 bridgehead atoms. The molecule has 20 heavy (non-hydrogen) atoms. The minimum Gasteiger partial charge on any atom is -0.447 e. The van der Waals surface area contributed by atoms with Crippen LogP contribution in [0.15, 0.2) is 18.7 Å². The van der Waals surface area contributed by atoms with E-state index >= 15 is 0 Å². The highest BCUT2D eigenvalue weighted by Crippen LogP contribution is 2.12. The van der Waals surface area contributed by atoms with Gasteiger partial charge in [0.1, 0.15) is 6.33 Å². The van der Waals surface area contributed by atoms with Gasteiger partial charge in [-0.2, -0.15) is 15.0 Å². The summed E-state index contributed by atoms with van der Waals surface area (Å²) in [5.74, 6) is 3.34. The Kier molecular flexibility index (Phi) is 4.50. The van der Waals surface area contributed by atoms with E-state index in [0.29, 0.717) is 11.9 Å². The van der Waals surface area contributed by atoms with Crippen LogP contribution in [0, 0.1) is 12.3 Å². The number of terminal acetylenes is 1. The third-order valence-corrected chi connectivity index (χ3v) is 2.39. The van der Waals surface area contributed by atoms with Crippen molar-refractivity contribution in [2.45, 2.75) is 26.4 Å². The van der Waals surface area contributed by atoms with Crippen LogP contribution in [0.25, 0.3) is 5.95 Å². The minimum absolute atomic E-state index is 0.188. The molecule has 0 saturated carbocycles. The van der Waals surface area contributed by atoms with E-state index in [9.17, 15) is 0 Å². The monoisotopic (exact) mass is 272 g/mol. The first-order valence-electron chi connectivity index (χ1n) is 6.34. The van der Waals surface area contributed by atoms with E-state index in [1.807, 2.05) is 0 Å². The van der Waals surface area contributed by atoms with Gasteiger partial charge in [-0.15, -0.1) is 6.42 Å². The normalized spacial score (nSPS) is 11.7. The van der Waals surface area contributed by atoms with E-state index in [1.54, 1.807) is 30.2 Å². The number of nitrogens with zero attached hydrogens (tertiary/aromatic N) is 5. The molecule has 1 unspecified atom stereocenters. The summed E-state index contributed by atoms with van der Waals surface area (Å²) in [4.78, 5) is 16.7. The van der Waals surface area contributed by atoms with Crippen LogP contribution in [0.2, 0.25) is 0 Å². The van der Waals surface area contributed by atoms with E-state index in [-0.39, 0.29) is 6.01 Å². The van der Waals surface area contributed by atoms with E-state index in [4.69, 9.17) is 11.2 Å². The van der Waals surface area contributed by atoms with Gasteiger partial charge in [-0.25, -0.2) is 4.98 Å². The minimum atomic E-state index is -0.410. The van der Waals surface area contributed by atoms with Crippen LogP contribution >= 0.6 is 0 Å². The molecule has 2 aromatic heterocycles. The molecule has 0 amide bonds. The van der Waals surface area contributed by atoms with Gasteiger partial charge in [0.15, 0.2) is 6.10 Å². The summed E-state index contributed by atoms with van der Waals surface area (Å²) in [7, 11) is 0. The fourth-order valence-corrected chi connectivity index (χ4v) is 1.40. The lowest BCUT2D eigenvalue weighted by molar-refractivity contribution is 0.255. The number of nitrogens with one attached hydrogen (secondary N) is 1. The lowest BCUT2D eigenvalue weighted by Gasteiger charge is -2.10. The van der Waals surface area contributed by atoms with Crippen LogP contribution in [0.1, 0.15) is 20.3 Å². The lowest BCUT2D eigenvalue weighted by Crippen LogP contribution is -2.15. The molecule has 1 N–H and O–H groups in total. The topological polar surface area (TPSA) is 77.8 Å². The molecule has 0 spiro atoms. The molecular weight excluding hydrogens is 256 g/mol. The van der Waals surface area contributed by atoms with Crippen LogP contribution in [0.3, 0.4) is 0 Å². The van der Waals surface area contributed by atoms with Crippen LogP contribution in [0.5, 0.6) is 6.01 Å². The van der Waals surface area contributed by atoms with Crippen molar-refractivity contribution < 1.29 is 4.74 Å². The SMILES string of the molecule is C#CC(C)Oc1nc(NCCC)nc(-n2ccnc2)n1. The van der Waals surface area contributed by atoms with Crippen molar-refractivity contribution in [3.8, 4) is 24.3 Å². The van der Waals surface area contributed by atoms with Gasteiger partial charge in [-0.3, -0.25) is 4.57 Å². The van der Waals surface area contributed by atoms with Crippen LogP contribution in [0.4, 0.5) is 5.95 Å². The molecule has 2 rings (SSSR count). The Morgan fingerprint density at radius 3 is 2.95 bits per heavy atom. The first-order chi connectivity index (χ1) is 9.72. The molecule has 1 atom stereocenters. The number of anilines is 1. The Balaban J connectivity index is 2.31. The Morgan fingerprint density at radius 2 is 2.30 bits per heavy atom. The molecule has 2 aromatic rings. The van der Waals surface area contributed by atoms with Crippen molar-refractivity contribution >= 4 is 5.95 Å². The maximum atomic E-state index is 5.45. The first kappa shape index (κ1) is 13.8. The smallest absolute Gasteiger partial charge is 0.324 e. The van der Waals surface area contributed by atoms with Gasteiger partial charge in [0.05, 0.1) is 0 Å². The second-order valence-corrected chi connectivity index (χ2v) is 4.07. The predicted octanol–water partition coefficient (Wildman–Crippen LogP) is 1.28. The molecule has 0 fully saturated rings. The molecule has 0 radical (unpaired) electrons. The predicted molar refractivity (Wildman–Crippen MR) is 74.7 cm³/mol. The van der Waals surface area contributed by atoms with Gasteiger partial charge in [-0.1, -0.05) is 12.8 Å². The lowest BCUT2D eigenvalue weighted by atomic mass is 10.4. The number of aromatic nitrogens is 5. The van der Waals surface area contributed by atoms with Gasteiger partial charge in [0.2, 0.25) is 11.9 Å². The van der Waals surface area contributed by atoms with Gasteiger partial charge < -0.3 is 10.1 Å². The largest absolute Gasteiger partial charge is 0.447 e. The number of hydrogen-bond donors (Lipinski definition) is 1. The molecule has 0 aliphatic rings. The number of hydrogen-bond acceptors (Lipinski definition) is 6. The zero-order valence-corrected chi connectivity index (χ0v) is 11.4. The highest BCUT2D eigenvalue weighted by Gasteiger charge is 2.10. The van der Waals surface area contributed by atoms with Crippen molar-refractivity contribution in [2.24, 2.45) is 0 Å². The second-order valence-electron chi connectivity index (χ2n) is 4.07. The molecule has 0 aliphatic carbocycles. The van der Waals surface area contributed by atoms with E-state index in [1.165, 1.54) is 0 Å². The van der Waals surface area contributed by atoms with E-state index in [2.05, 4.69) is 38.1 Å². The molecule has 0 aromatic carbocycles. The van der Waals surface area contributed by atoms with Gasteiger partial charge in [0, 0.05) is 18.9 Å². The maximum absolute atomic E-state index is 5.45. The van der Waals surface area contributed by atoms with Crippen molar-refractivity contribution in [1.29, 1.82) is 0 Å². The third-order valence-electron chi connectivity index (χ3n) is 2.39. The van der Waals surface area contributed by atoms with Crippen LogP contribution < -0.4 is 10.1 Å². The van der Waals surface area contributed by atoms with E-state index in [0.717, 1.165) is 13.0 Å². The summed E-state index contributed by atoms with van der Waals surface area (Å²) in [5.41, 5.74) is 0. The summed E-state index contributed by atoms with van der Waals surface area (Å²) in [6, 6.07) is 0.188. The average Bonchev–Trinajstić information content (AvgIpc) is 2.99. The standard InChI is InChI=1S/C13H16N6O/c1-4-6-15-11-16-12(19-8-7-14-9-19)18-13(17-11)20-10(3)5-2/h2,7-10H,4,6H2,1,3H3,(H,15,16,17,18). The number of ether oxygens (including phenoxy) is 1. The number of imidazole rings is 1. The fraction of sp³-hybridized carbons (Fsp3) is 0.385. The quantitative estimate of drug-likeness (QED) is 0.798. The average molecular weight is 272 g/mol. The van der Waals surface area contributed by atoms with Gasteiger partial charge in [0.25, 0.3) is 0 Å². The zero-order chi connectivity index (χ0) is 14.4. The van der Waals surface area contributed by atoms with E-state index < -0.39 is 6.10 Å². The molecule has 0 saturated heterocycles.